The van der Waals surface area contributed by atoms with Crippen molar-refractivity contribution in [2.75, 3.05) is 47.5 Å². The molecule has 0 aliphatic carbocycles. The zero-order valence-corrected chi connectivity index (χ0v) is 21.8. The largest absolute Gasteiger partial charge is 0.616 e. The lowest BCUT2D eigenvalue weighted by molar-refractivity contribution is -0.118. The van der Waals surface area contributed by atoms with Crippen LogP contribution in [0.15, 0.2) is 78.9 Å². The highest BCUT2D eigenvalue weighted by Crippen LogP contribution is 2.23. The van der Waals surface area contributed by atoms with Gasteiger partial charge < -0.3 is 20.9 Å². The van der Waals surface area contributed by atoms with Crippen molar-refractivity contribution < 1.29 is 14.1 Å². The molecule has 1 aliphatic rings. The number of nitrogens with zero attached hydrogens (tertiary/aromatic N) is 1. The van der Waals surface area contributed by atoms with Gasteiger partial charge in [-0.1, -0.05) is 59.2 Å². The summed E-state index contributed by atoms with van der Waals surface area (Å²) in [6.45, 7) is 1.91. The third-order valence-corrected chi connectivity index (χ3v) is 7.65. The molecule has 1 atom stereocenters. The van der Waals surface area contributed by atoms with E-state index in [1.165, 1.54) is 6.08 Å². The van der Waals surface area contributed by atoms with Gasteiger partial charge in [-0.25, -0.2) is 0 Å². The molecule has 0 radical (unpaired) electrons. The summed E-state index contributed by atoms with van der Waals surface area (Å²) in [5.74, 6) is 0.393. The summed E-state index contributed by atoms with van der Waals surface area (Å²) >= 11 is 5.18. The number of rotatable bonds is 8. The lowest BCUT2D eigenvalue weighted by atomic mass is 9.96. The number of halogens is 1. The van der Waals surface area contributed by atoms with Crippen molar-refractivity contribution in [3.05, 3.63) is 95.0 Å². The van der Waals surface area contributed by atoms with Gasteiger partial charge in [0.2, 0.25) is 11.8 Å². The first kappa shape index (κ1) is 26.8. The minimum absolute atomic E-state index is 0.128. The average Bonchev–Trinajstić information content (AvgIpc) is 2.90. The summed E-state index contributed by atoms with van der Waals surface area (Å²) in [6.07, 6.45) is 3.15. The Morgan fingerprint density at radius 1 is 1.00 bits per heavy atom. The van der Waals surface area contributed by atoms with Crippen molar-refractivity contribution in [3.63, 3.8) is 0 Å². The number of carbonyl (C=O) groups is 2. The molecule has 4 rings (SSSR count). The Kier molecular flexibility index (Phi) is 9.24. The van der Waals surface area contributed by atoms with E-state index >= 15 is 0 Å². The monoisotopic (exact) mass is 536 g/mol. The van der Waals surface area contributed by atoms with Gasteiger partial charge >= 0.3 is 0 Å². The summed E-state index contributed by atoms with van der Waals surface area (Å²) in [4.78, 5) is 27.8. The predicted octanol–water partition coefficient (Wildman–Crippen LogP) is 4.36. The van der Waals surface area contributed by atoms with E-state index in [1.54, 1.807) is 54.6 Å². The van der Waals surface area contributed by atoms with Crippen LogP contribution in [0.2, 0.25) is 5.02 Å². The predicted molar refractivity (Wildman–Crippen MR) is 152 cm³/mol. The molecule has 192 valence electrons. The molecule has 1 fully saturated rings. The van der Waals surface area contributed by atoms with Crippen LogP contribution in [0.1, 0.15) is 17.0 Å². The molecule has 1 unspecified atom stereocenters. The summed E-state index contributed by atoms with van der Waals surface area (Å²) in [7, 11) is 0. The van der Waals surface area contributed by atoms with E-state index in [0.29, 0.717) is 53.2 Å². The average molecular weight is 537 g/mol. The van der Waals surface area contributed by atoms with Crippen molar-refractivity contribution in [1.82, 2.24) is 4.90 Å². The maximum absolute atomic E-state index is 13.3. The van der Waals surface area contributed by atoms with Gasteiger partial charge in [-0.15, -0.1) is 0 Å². The smallest absolute Gasteiger partial charge is 0.248 e. The lowest BCUT2D eigenvalue weighted by Crippen LogP contribution is -2.43. The molecule has 0 aromatic heterocycles. The fraction of sp³-hybridized carbons (Fsp3) is 0.214. The number of hydrogen-bond donors (Lipinski definition) is 3. The first-order valence-electron chi connectivity index (χ1n) is 11.9. The first-order chi connectivity index (χ1) is 17.9. The molecule has 7 nitrogen and oxygen atoms in total. The van der Waals surface area contributed by atoms with Crippen LogP contribution in [0.5, 0.6) is 0 Å². The zero-order valence-electron chi connectivity index (χ0n) is 20.2. The molecule has 3 aromatic rings. The van der Waals surface area contributed by atoms with Crippen molar-refractivity contribution in [1.29, 1.82) is 0 Å². The molecular formula is C28H29ClN4O3S. The molecule has 4 N–H and O–H groups in total. The van der Waals surface area contributed by atoms with Crippen LogP contribution in [-0.4, -0.2) is 52.4 Å². The van der Waals surface area contributed by atoms with E-state index in [9.17, 15) is 14.1 Å². The topological polar surface area (TPSA) is 111 Å². The summed E-state index contributed by atoms with van der Waals surface area (Å²) in [5.41, 5.74) is 9.29. The van der Waals surface area contributed by atoms with Crippen molar-refractivity contribution in [2.24, 2.45) is 0 Å². The molecule has 9 heteroatoms. The summed E-state index contributed by atoms with van der Waals surface area (Å²) in [6, 6.07) is 21.6. The highest BCUT2D eigenvalue weighted by Gasteiger charge is 2.27. The molecule has 0 spiro atoms. The van der Waals surface area contributed by atoms with Gasteiger partial charge in [0.1, 0.15) is 11.5 Å². The molecule has 1 heterocycles. The fourth-order valence-electron chi connectivity index (χ4n) is 4.02. The van der Waals surface area contributed by atoms with Gasteiger partial charge in [-0.3, -0.25) is 14.5 Å². The van der Waals surface area contributed by atoms with Gasteiger partial charge in [0.15, 0.2) is 0 Å². The van der Waals surface area contributed by atoms with E-state index in [-0.39, 0.29) is 11.8 Å². The maximum Gasteiger partial charge on any atom is 0.248 e. The summed E-state index contributed by atoms with van der Waals surface area (Å²) in [5, 5.41) is 6.35. The van der Waals surface area contributed by atoms with Crippen molar-refractivity contribution in [3.8, 4) is 0 Å². The lowest BCUT2D eigenvalue weighted by Gasteiger charge is -2.31. The Morgan fingerprint density at radius 3 is 2.35 bits per heavy atom. The van der Waals surface area contributed by atoms with Crippen LogP contribution in [0, 0.1) is 0 Å². The second-order valence-corrected chi connectivity index (χ2v) is 10.9. The standard InChI is InChI=1S/C28H29ClN4O3S/c29-22-10-12-23(13-11-22)31-28(35)24(19-33-15-17-37(36)18-16-33)21-8-5-20(6-9-21)7-14-27(34)32-26-4-2-1-3-25(26)30/h1-14,24H,15-19,30H2,(H,31,35)(H,32,34)/b14-7+. The SMILES string of the molecule is Nc1ccccc1NC(=O)/C=C/c1ccc(C(CN2CC[S+]([O-])CC2)C(=O)Nc2ccc(Cl)cc2)cc1. The van der Waals surface area contributed by atoms with Crippen LogP contribution >= 0.6 is 11.6 Å². The van der Waals surface area contributed by atoms with E-state index < -0.39 is 17.1 Å². The summed E-state index contributed by atoms with van der Waals surface area (Å²) < 4.78 is 11.8. The normalized spacial score (nSPS) is 15.4. The zero-order chi connectivity index (χ0) is 26.2. The number of nitrogens with two attached hydrogens (primary N) is 1. The van der Waals surface area contributed by atoms with E-state index in [2.05, 4.69) is 15.5 Å². The first-order valence-corrected chi connectivity index (χ1v) is 13.8. The number of nitrogens with one attached hydrogen (secondary N) is 2. The van der Waals surface area contributed by atoms with Gasteiger partial charge in [-0.2, -0.15) is 0 Å². The van der Waals surface area contributed by atoms with E-state index in [4.69, 9.17) is 17.3 Å². The van der Waals surface area contributed by atoms with Gasteiger partial charge in [0, 0.05) is 36.4 Å². The molecular weight excluding hydrogens is 508 g/mol. The van der Waals surface area contributed by atoms with E-state index in [0.717, 1.165) is 11.1 Å². The molecule has 0 saturated carbocycles. The number of carbonyl (C=O) groups excluding carboxylic acids is 2. The third kappa shape index (κ3) is 7.84. The maximum atomic E-state index is 13.3. The van der Waals surface area contributed by atoms with Crippen LogP contribution in [0.3, 0.4) is 0 Å². The Bertz CT molecular complexity index is 1240. The Balaban J connectivity index is 1.46. The molecule has 1 saturated heterocycles. The minimum atomic E-state index is -0.791. The number of benzene rings is 3. The van der Waals surface area contributed by atoms with Crippen LogP contribution in [0.25, 0.3) is 6.08 Å². The fourth-order valence-corrected chi connectivity index (χ4v) is 5.27. The third-order valence-electron chi connectivity index (χ3n) is 6.12. The quantitative estimate of drug-likeness (QED) is 0.225. The van der Waals surface area contributed by atoms with Gasteiger partial charge in [0.25, 0.3) is 0 Å². The Morgan fingerprint density at radius 2 is 1.68 bits per heavy atom. The molecule has 2 amide bonds. The highest BCUT2D eigenvalue weighted by atomic mass is 35.5. The molecule has 1 aliphatic heterocycles. The number of hydrogen-bond acceptors (Lipinski definition) is 5. The van der Waals surface area contributed by atoms with Gasteiger partial charge in [-0.05, 0) is 53.6 Å². The van der Waals surface area contributed by atoms with Crippen LogP contribution in [-0.2, 0) is 20.8 Å². The second-order valence-electron chi connectivity index (χ2n) is 8.77. The van der Waals surface area contributed by atoms with Gasteiger partial charge in [0.05, 0.1) is 17.3 Å². The molecule has 0 bridgehead atoms. The Hall–Kier alpha value is -3.30. The number of para-hydroxylation sites is 2. The van der Waals surface area contributed by atoms with E-state index in [1.807, 2.05) is 24.3 Å². The number of nitrogen functional groups attached to an aromatic ring is 1. The number of amides is 2. The van der Waals surface area contributed by atoms with Crippen LogP contribution in [0.4, 0.5) is 17.1 Å². The Labute approximate surface area is 224 Å². The highest BCUT2D eigenvalue weighted by molar-refractivity contribution is 7.91. The van der Waals surface area contributed by atoms with Crippen molar-refractivity contribution >= 4 is 57.7 Å². The minimum Gasteiger partial charge on any atom is -0.616 e. The van der Waals surface area contributed by atoms with Crippen LogP contribution < -0.4 is 16.4 Å². The number of anilines is 3. The molecule has 3 aromatic carbocycles. The second kappa shape index (κ2) is 12.8. The molecule has 37 heavy (non-hydrogen) atoms. The van der Waals surface area contributed by atoms with Crippen molar-refractivity contribution in [2.45, 2.75) is 5.92 Å².